The Balaban J connectivity index is 0.000000220. The maximum Gasteiger partial charge on any atom is 0.410 e. The maximum absolute atomic E-state index is 14.1. The van der Waals surface area contributed by atoms with Crippen LogP contribution in [-0.2, 0) is 68.4 Å². The Morgan fingerprint density at radius 2 is 0.870 bits per heavy atom. The van der Waals surface area contributed by atoms with Crippen molar-refractivity contribution in [3.05, 3.63) is 138 Å². The summed E-state index contributed by atoms with van der Waals surface area (Å²) < 4.78 is 118. The van der Waals surface area contributed by atoms with Crippen molar-refractivity contribution in [2.45, 2.75) is 221 Å². The molecular weight excluding hydrogens is 1350 g/mol. The van der Waals surface area contributed by atoms with Gasteiger partial charge < -0.3 is 33.5 Å². The molecule has 0 aliphatic heterocycles. The van der Waals surface area contributed by atoms with Crippen molar-refractivity contribution in [2.75, 3.05) is 14.1 Å². The Bertz CT molecular complexity index is 3320. The summed E-state index contributed by atoms with van der Waals surface area (Å²) in [5, 5.41) is 14.1. The van der Waals surface area contributed by atoms with Gasteiger partial charge in [-0.3, -0.25) is 0 Å². The van der Waals surface area contributed by atoms with Gasteiger partial charge in [0.05, 0.1) is 24.5 Å². The molecule has 15 nitrogen and oxygen atoms in total. The summed E-state index contributed by atoms with van der Waals surface area (Å²) in [6, 6.07) is 11.8. The fraction of sp³-hybridized carbons (Fsp3) is 0.574. The molecule has 3 aromatic heterocycles. The van der Waals surface area contributed by atoms with Gasteiger partial charge in [-0.1, -0.05) is 71.1 Å². The van der Waals surface area contributed by atoms with Gasteiger partial charge in [-0.2, -0.15) is 15.3 Å². The van der Waals surface area contributed by atoms with Gasteiger partial charge in [0, 0.05) is 56.5 Å². The second-order valence-electron chi connectivity index (χ2n) is 26.2. The first kappa shape index (κ1) is 75.1. The number of carbonyl (C=O) groups is 2. The van der Waals surface area contributed by atoms with Crippen LogP contribution in [0.1, 0.15) is 185 Å². The minimum absolute atomic E-state index is 0. The zero-order valence-electron chi connectivity index (χ0n) is 54.6. The molecule has 92 heavy (non-hydrogen) atoms. The molecular formula is C68H91Br2ClF6N8O7. The first-order chi connectivity index (χ1) is 43.2. The van der Waals surface area contributed by atoms with Crippen molar-refractivity contribution in [2.24, 2.45) is 17.8 Å². The molecule has 0 bridgehead atoms. The maximum atomic E-state index is 14.1. The van der Waals surface area contributed by atoms with E-state index in [-0.39, 0.29) is 62.0 Å². The molecule has 9 rings (SSSR count). The number of carbonyl (C=O) groups excluding carboxylic acids is 2. The molecule has 3 aliphatic carbocycles. The van der Waals surface area contributed by atoms with Crippen molar-refractivity contribution in [3.8, 4) is 17.6 Å². The van der Waals surface area contributed by atoms with E-state index in [1.165, 1.54) is 86.5 Å². The molecule has 3 aliphatic rings. The molecule has 0 spiro atoms. The highest BCUT2D eigenvalue weighted by atomic mass is 79.9. The van der Waals surface area contributed by atoms with Gasteiger partial charge in [-0.25, -0.2) is 50.0 Å². The van der Waals surface area contributed by atoms with E-state index in [1.54, 1.807) is 29.5 Å². The number of halogens is 9. The lowest BCUT2D eigenvalue weighted by Gasteiger charge is -2.24. The summed E-state index contributed by atoms with van der Waals surface area (Å²) in [7, 11) is 3.29. The van der Waals surface area contributed by atoms with Crippen molar-refractivity contribution >= 4 is 56.5 Å². The van der Waals surface area contributed by atoms with E-state index in [9.17, 15) is 35.9 Å². The first-order valence-corrected chi connectivity index (χ1v) is 33.5. The number of hydrogen-bond acceptors (Lipinski definition) is 10. The van der Waals surface area contributed by atoms with Crippen molar-refractivity contribution in [3.63, 3.8) is 0 Å². The average Bonchev–Trinajstić information content (AvgIpc) is 1.72. The molecule has 6 aromatic rings. The van der Waals surface area contributed by atoms with Crippen LogP contribution in [-0.4, -0.2) is 76.6 Å². The zero-order valence-corrected chi connectivity index (χ0v) is 58.5. The summed E-state index contributed by atoms with van der Waals surface area (Å²) in [5.74, 6) is 0.0736. The molecule has 3 saturated carbocycles. The van der Waals surface area contributed by atoms with E-state index in [0.29, 0.717) is 64.3 Å². The summed E-state index contributed by atoms with van der Waals surface area (Å²) >= 11 is 7.16. The average molecular weight is 1440 g/mol. The van der Waals surface area contributed by atoms with Crippen LogP contribution in [0.3, 0.4) is 0 Å². The fourth-order valence-corrected chi connectivity index (χ4v) is 12.4. The molecule has 0 saturated heterocycles. The van der Waals surface area contributed by atoms with Gasteiger partial charge in [0.15, 0.2) is 0 Å². The van der Waals surface area contributed by atoms with Crippen LogP contribution in [0.25, 0.3) is 0 Å². The highest BCUT2D eigenvalue weighted by Crippen LogP contribution is 2.36. The summed E-state index contributed by atoms with van der Waals surface area (Å²) in [5.41, 5.74) is 1.49. The van der Waals surface area contributed by atoms with Crippen molar-refractivity contribution < 1.29 is 59.6 Å². The number of amides is 2. The molecule has 3 heterocycles. The molecule has 0 unspecified atom stereocenters. The first-order valence-electron chi connectivity index (χ1n) is 31.9. The molecule has 2 amide bonds. The lowest BCUT2D eigenvalue weighted by molar-refractivity contribution is 0.0273. The summed E-state index contributed by atoms with van der Waals surface area (Å²) in [6.45, 7) is 15.3. The SMILES string of the molecule is CCCc1nn(CC2CCCCC2)c(OCc2cc(F)ccc2F)c1Br.CN(Cc1cc(OCc2cc(F)ccc2F)n(CC2CCCCC2)n1)C(=O)OC(C)(C)C.CN(Cc1nn(CC2CCCCC2)c(OCc2cc(F)ccc2F)c1Br)C(=O)OC(C)(C)C.Cl. The van der Waals surface area contributed by atoms with E-state index in [2.05, 4.69) is 43.9 Å². The number of benzene rings is 3. The fourth-order valence-electron chi connectivity index (χ4n) is 11.3. The van der Waals surface area contributed by atoms with Crippen LogP contribution in [0.5, 0.6) is 17.6 Å². The highest BCUT2D eigenvalue weighted by molar-refractivity contribution is 9.11. The number of aromatic nitrogens is 6. The van der Waals surface area contributed by atoms with E-state index >= 15 is 0 Å². The van der Waals surface area contributed by atoms with Crippen LogP contribution in [0, 0.1) is 52.7 Å². The van der Waals surface area contributed by atoms with Crippen molar-refractivity contribution in [1.82, 2.24) is 39.1 Å². The molecule has 0 N–H and O–H groups in total. The Kier molecular flexibility index (Phi) is 29.0. The lowest BCUT2D eigenvalue weighted by atomic mass is 9.89. The highest BCUT2D eigenvalue weighted by Gasteiger charge is 2.28. The van der Waals surface area contributed by atoms with Gasteiger partial charge in [-0.05, 0) is 191 Å². The zero-order chi connectivity index (χ0) is 66.0. The van der Waals surface area contributed by atoms with E-state index < -0.39 is 58.3 Å². The number of ether oxygens (including phenoxy) is 5. The normalized spacial score (nSPS) is 14.9. The van der Waals surface area contributed by atoms with Gasteiger partial charge >= 0.3 is 12.2 Å². The predicted octanol–water partition coefficient (Wildman–Crippen LogP) is 18.6. The quantitative estimate of drug-likeness (QED) is 0.0640. The topological polar surface area (TPSA) is 140 Å². The van der Waals surface area contributed by atoms with Crippen LogP contribution in [0.2, 0.25) is 0 Å². The Morgan fingerprint density at radius 3 is 1.26 bits per heavy atom. The molecule has 508 valence electrons. The van der Waals surface area contributed by atoms with E-state index in [0.717, 1.165) is 104 Å². The van der Waals surface area contributed by atoms with Gasteiger partial charge in [-0.15, -0.1) is 12.4 Å². The number of nitrogens with zero attached hydrogens (tertiary/aromatic N) is 8. The molecule has 3 aromatic carbocycles. The third-order valence-electron chi connectivity index (χ3n) is 15.9. The molecule has 24 heteroatoms. The van der Waals surface area contributed by atoms with E-state index in [4.69, 9.17) is 33.9 Å². The van der Waals surface area contributed by atoms with E-state index in [1.807, 2.05) is 46.2 Å². The van der Waals surface area contributed by atoms with Crippen LogP contribution < -0.4 is 14.2 Å². The molecule has 0 radical (unpaired) electrons. The number of rotatable bonds is 21. The Labute approximate surface area is 561 Å². The lowest BCUT2D eigenvalue weighted by Crippen LogP contribution is -2.34. The number of aryl methyl sites for hydroxylation is 1. The third kappa shape index (κ3) is 23.5. The third-order valence-corrected chi connectivity index (χ3v) is 17.5. The Hall–Kier alpha value is -5.94. The largest absolute Gasteiger partial charge is 0.473 e. The molecule has 3 fully saturated rings. The Morgan fingerprint density at radius 1 is 0.511 bits per heavy atom. The second kappa shape index (κ2) is 35.5. The van der Waals surface area contributed by atoms with Gasteiger partial charge in [0.25, 0.3) is 0 Å². The predicted molar refractivity (Wildman–Crippen MR) is 351 cm³/mol. The van der Waals surface area contributed by atoms with Crippen LogP contribution in [0.4, 0.5) is 35.9 Å². The smallest absolute Gasteiger partial charge is 0.410 e. The minimum atomic E-state index is -0.605. The number of hydrogen-bond donors (Lipinski definition) is 0. The van der Waals surface area contributed by atoms with Gasteiger partial charge in [0.2, 0.25) is 17.6 Å². The minimum Gasteiger partial charge on any atom is -0.473 e. The van der Waals surface area contributed by atoms with Crippen LogP contribution in [0.15, 0.2) is 69.6 Å². The standard InChI is InChI=1S/C24H32BrF2N3O3.C24H33F2N3O3.C20H25BrF2N2O.ClH/c1-24(2,3)33-23(31)29(4)14-20-21(25)22(30(28-20)13-16-8-6-5-7-9-16)32-15-17-12-18(26)10-11-19(17)27;1-24(2,3)32-23(30)28(4)15-20-13-22(29(27-20)14-17-8-6-5-7-9-17)31-16-18-12-19(25)10-11-21(18)26;1-2-6-18-19(21)20(25(24-18)12-14-7-4-3-5-8-14)26-13-15-11-16(22)9-10-17(15)23;/h10-12,16H,5-9,13-15H2,1-4H3;10-13,17H,5-9,14-16H2,1-4H3;9-11,14H,2-8,12-13H2,1H3;1H. The second-order valence-corrected chi connectivity index (χ2v) is 27.7. The monoisotopic (exact) mass is 1440 g/mol. The molecule has 0 atom stereocenters. The van der Waals surface area contributed by atoms with Crippen LogP contribution >= 0.6 is 44.3 Å². The summed E-state index contributed by atoms with van der Waals surface area (Å²) in [6.07, 6.45) is 18.9. The van der Waals surface area contributed by atoms with Crippen molar-refractivity contribution in [1.29, 1.82) is 0 Å². The van der Waals surface area contributed by atoms with Gasteiger partial charge in [0.1, 0.15) is 80.6 Å². The summed E-state index contributed by atoms with van der Waals surface area (Å²) in [4.78, 5) is 27.6.